The number of hydrogen-bond acceptors (Lipinski definition) is 2. The number of esters is 1. The van der Waals surface area contributed by atoms with Gasteiger partial charge in [0.25, 0.3) is 0 Å². The predicted molar refractivity (Wildman–Crippen MR) is 62.4 cm³/mol. The summed E-state index contributed by atoms with van der Waals surface area (Å²) in [6, 6.07) is 0. The first-order valence-electron chi connectivity index (χ1n) is 6.82. The summed E-state index contributed by atoms with van der Waals surface area (Å²) in [5, 5.41) is 0. The van der Waals surface area contributed by atoms with E-state index in [2.05, 4.69) is 4.74 Å². The predicted octanol–water partition coefficient (Wildman–Crippen LogP) is 4.48. The molecule has 118 valence electrons. The van der Waals surface area contributed by atoms with Crippen LogP contribution in [-0.2, 0) is 9.53 Å². The zero-order valence-electron chi connectivity index (χ0n) is 11.1. The summed E-state index contributed by atoms with van der Waals surface area (Å²) < 4.78 is 65.1. The maximum atomic E-state index is 12.5. The molecule has 0 heterocycles. The molecule has 0 spiro atoms. The van der Waals surface area contributed by atoms with Gasteiger partial charge in [0.1, 0.15) is 0 Å². The van der Waals surface area contributed by atoms with Crippen LogP contribution in [0.5, 0.6) is 0 Å². The van der Waals surface area contributed by atoms with E-state index in [1.807, 2.05) is 0 Å². The van der Waals surface area contributed by atoms with Crippen molar-refractivity contribution in [3.05, 3.63) is 0 Å². The summed E-state index contributed by atoms with van der Waals surface area (Å²) in [5.41, 5.74) is 0. The summed E-state index contributed by atoms with van der Waals surface area (Å²) in [5.74, 6) is -5.07. The van der Waals surface area contributed by atoms with E-state index in [0.717, 1.165) is 25.7 Å². The van der Waals surface area contributed by atoms with E-state index in [1.54, 1.807) is 0 Å². The van der Waals surface area contributed by atoms with Gasteiger partial charge in [0, 0.05) is 6.42 Å². The minimum atomic E-state index is -5.60. The summed E-state index contributed by atoms with van der Waals surface area (Å²) in [7, 11) is 0. The minimum absolute atomic E-state index is 0.0856. The molecule has 1 aliphatic carbocycles. The van der Waals surface area contributed by atoms with Gasteiger partial charge in [0.2, 0.25) is 0 Å². The number of hydrogen-bond donors (Lipinski definition) is 0. The van der Waals surface area contributed by atoms with Crippen LogP contribution in [0.2, 0.25) is 0 Å². The second-order valence-electron chi connectivity index (χ2n) is 5.22. The van der Waals surface area contributed by atoms with Crippen molar-refractivity contribution in [3.8, 4) is 0 Å². The highest BCUT2D eigenvalue weighted by atomic mass is 19.4. The SMILES string of the molecule is O=C(CCC1CCCCC1)OCCC(F)(F)C(F)(F)F. The van der Waals surface area contributed by atoms with Crippen LogP contribution in [0.4, 0.5) is 22.0 Å². The van der Waals surface area contributed by atoms with Gasteiger partial charge in [0.15, 0.2) is 0 Å². The normalized spacial score (nSPS) is 18.1. The van der Waals surface area contributed by atoms with E-state index < -0.39 is 31.1 Å². The van der Waals surface area contributed by atoms with Crippen molar-refractivity contribution in [1.82, 2.24) is 0 Å². The van der Waals surface area contributed by atoms with E-state index in [1.165, 1.54) is 6.42 Å². The Hall–Kier alpha value is -0.880. The van der Waals surface area contributed by atoms with Gasteiger partial charge in [-0.1, -0.05) is 32.1 Å². The molecule has 1 fully saturated rings. The lowest BCUT2D eigenvalue weighted by molar-refractivity contribution is -0.286. The second-order valence-corrected chi connectivity index (χ2v) is 5.22. The van der Waals surface area contributed by atoms with Gasteiger partial charge in [-0.15, -0.1) is 0 Å². The van der Waals surface area contributed by atoms with Gasteiger partial charge in [-0.05, 0) is 12.3 Å². The molecule has 0 aromatic heterocycles. The fourth-order valence-electron chi connectivity index (χ4n) is 2.30. The maximum Gasteiger partial charge on any atom is 0.453 e. The number of ether oxygens (including phenoxy) is 1. The molecule has 0 atom stereocenters. The molecule has 1 rings (SSSR count). The fourth-order valence-corrected chi connectivity index (χ4v) is 2.30. The lowest BCUT2D eigenvalue weighted by Gasteiger charge is -2.21. The smallest absolute Gasteiger partial charge is 0.453 e. The van der Waals surface area contributed by atoms with Crippen LogP contribution in [0.3, 0.4) is 0 Å². The van der Waals surface area contributed by atoms with E-state index in [0.29, 0.717) is 12.3 Å². The third kappa shape index (κ3) is 5.63. The molecule has 0 N–H and O–H groups in total. The summed E-state index contributed by atoms with van der Waals surface area (Å²) >= 11 is 0. The Labute approximate surface area is 114 Å². The Balaban J connectivity index is 2.17. The molecule has 0 saturated heterocycles. The van der Waals surface area contributed by atoms with Gasteiger partial charge >= 0.3 is 18.1 Å². The Morgan fingerprint density at radius 2 is 1.65 bits per heavy atom. The Morgan fingerprint density at radius 3 is 2.20 bits per heavy atom. The van der Waals surface area contributed by atoms with Crippen molar-refractivity contribution < 1.29 is 31.5 Å². The first-order chi connectivity index (χ1) is 9.22. The molecule has 1 saturated carbocycles. The highest BCUT2D eigenvalue weighted by molar-refractivity contribution is 5.69. The number of halogens is 5. The Bertz CT molecular complexity index is 308. The molecule has 0 amide bonds. The van der Waals surface area contributed by atoms with Crippen LogP contribution in [0.25, 0.3) is 0 Å². The van der Waals surface area contributed by atoms with Crippen molar-refractivity contribution in [1.29, 1.82) is 0 Å². The average Bonchev–Trinajstić information content (AvgIpc) is 2.36. The molecule has 0 bridgehead atoms. The summed E-state index contributed by atoms with van der Waals surface area (Å²) in [6.07, 6.45) is -0.898. The molecule has 0 aliphatic heterocycles. The van der Waals surface area contributed by atoms with Gasteiger partial charge in [0.05, 0.1) is 13.0 Å². The van der Waals surface area contributed by atoms with E-state index in [4.69, 9.17) is 0 Å². The zero-order chi connectivity index (χ0) is 15.2. The van der Waals surface area contributed by atoms with Gasteiger partial charge in [-0.2, -0.15) is 22.0 Å². The first kappa shape index (κ1) is 17.2. The lowest BCUT2D eigenvalue weighted by atomic mass is 9.86. The molecule has 0 aromatic rings. The van der Waals surface area contributed by atoms with Crippen LogP contribution < -0.4 is 0 Å². The zero-order valence-corrected chi connectivity index (χ0v) is 11.1. The maximum absolute atomic E-state index is 12.5. The van der Waals surface area contributed by atoms with Crippen LogP contribution in [-0.4, -0.2) is 24.7 Å². The lowest BCUT2D eigenvalue weighted by Crippen LogP contribution is -2.37. The molecule has 2 nitrogen and oxygen atoms in total. The summed E-state index contributed by atoms with van der Waals surface area (Å²) in [4.78, 5) is 11.3. The van der Waals surface area contributed by atoms with E-state index in [9.17, 15) is 26.7 Å². The molecule has 0 aromatic carbocycles. The molecule has 7 heteroatoms. The van der Waals surface area contributed by atoms with Crippen molar-refractivity contribution in [2.45, 2.75) is 63.5 Å². The number of rotatable bonds is 6. The largest absolute Gasteiger partial charge is 0.465 e. The monoisotopic (exact) mass is 302 g/mol. The third-order valence-corrected chi connectivity index (χ3v) is 3.58. The Morgan fingerprint density at radius 1 is 1.05 bits per heavy atom. The molecule has 0 unspecified atom stereocenters. The third-order valence-electron chi connectivity index (χ3n) is 3.58. The fraction of sp³-hybridized carbons (Fsp3) is 0.923. The molecule has 1 aliphatic rings. The molecular weight excluding hydrogens is 283 g/mol. The number of carbonyl (C=O) groups excluding carboxylic acids is 1. The number of alkyl halides is 5. The summed E-state index contributed by atoms with van der Waals surface area (Å²) in [6.45, 7) is -0.907. The Kier molecular flexibility index (Phi) is 6.20. The van der Waals surface area contributed by atoms with Crippen molar-refractivity contribution in [2.75, 3.05) is 6.61 Å². The van der Waals surface area contributed by atoms with Gasteiger partial charge < -0.3 is 4.74 Å². The van der Waals surface area contributed by atoms with Crippen molar-refractivity contribution in [3.63, 3.8) is 0 Å². The topological polar surface area (TPSA) is 26.3 Å². The minimum Gasteiger partial charge on any atom is -0.465 e. The van der Waals surface area contributed by atoms with Crippen LogP contribution in [0.1, 0.15) is 51.4 Å². The van der Waals surface area contributed by atoms with Crippen molar-refractivity contribution >= 4 is 5.97 Å². The molecule has 20 heavy (non-hydrogen) atoms. The quantitative estimate of drug-likeness (QED) is 0.534. The second kappa shape index (κ2) is 7.22. The highest BCUT2D eigenvalue weighted by Gasteiger charge is 2.56. The van der Waals surface area contributed by atoms with Crippen LogP contribution >= 0.6 is 0 Å². The standard InChI is InChI=1S/C13H19F5O2/c14-12(15,13(16,17)18)8-9-20-11(19)7-6-10-4-2-1-3-5-10/h10H,1-9H2. The van der Waals surface area contributed by atoms with Crippen LogP contribution in [0.15, 0.2) is 0 Å². The first-order valence-corrected chi connectivity index (χ1v) is 6.82. The van der Waals surface area contributed by atoms with Crippen LogP contribution in [0, 0.1) is 5.92 Å². The molecule has 0 radical (unpaired) electrons. The van der Waals surface area contributed by atoms with E-state index >= 15 is 0 Å². The number of carbonyl (C=O) groups is 1. The van der Waals surface area contributed by atoms with E-state index in [-0.39, 0.29) is 6.42 Å². The van der Waals surface area contributed by atoms with Gasteiger partial charge in [-0.25, -0.2) is 0 Å². The average molecular weight is 302 g/mol. The van der Waals surface area contributed by atoms with Crippen molar-refractivity contribution in [2.24, 2.45) is 5.92 Å². The van der Waals surface area contributed by atoms with Gasteiger partial charge in [-0.3, -0.25) is 4.79 Å². The molecular formula is C13H19F5O2. The highest BCUT2D eigenvalue weighted by Crippen LogP contribution is 2.37.